The van der Waals surface area contributed by atoms with Gasteiger partial charge in [-0.3, -0.25) is 0 Å². The maximum Gasteiger partial charge on any atom is 0.336 e. The van der Waals surface area contributed by atoms with E-state index in [0.717, 1.165) is 34.1 Å². The molecule has 0 radical (unpaired) electrons. The Morgan fingerprint density at radius 1 is 0.567 bits per heavy atom. The smallest absolute Gasteiger partial charge is 0.336 e. The summed E-state index contributed by atoms with van der Waals surface area (Å²) in [4.78, 5) is 24.1. The van der Waals surface area contributed by atoms with Crippen LogP contribution in [0, 0.1) is 0 Å². The SMILES string of the molecule is O=C(O)c1ccccc1SCCCCCCCCCCSc1ccccc1C(=O)O. The fourth-order valence-corrected chi connectivity index (χ4v) is 5.28. The van der Waals surface area contributed by atoms with Gasteiger partial charge in [0.05, 0.1) is 11.1 Å². The number of unbranched alkanes of at least 4 members (excludes halogenated alkanes) is 7. The van der Waals surface area contributed by atoms with E-state index in [9.17, 15) is 19.8 Å². The van der Waals surface area contributed by atoms with E-state index in [1.165, 1.54) is 38.5 Å². The maximum absolute atomic E-state index is 11.2. The van der Waals surface area contributed by atoms with Crippen molar-refractivity contribution in [2.45, 2.75) is 61.2 Å². The molecule has 4 nitrogen and oxygen atoms in total. The van der Waals surface area contributed by atoms with Gasteiger partial charge in [0.25, 0.3) is 0 Å². The summed E-state index contributed by atoms with van der Waals surface area (Å²) in [5.41, 5.74) is 0.791. The van der Waals surface area contributed by atoms with Crippen LogP contribution in [0.1, 0.15) is 72.1 Å². The molecule has 2 aromatic rings. The van der Waals surface area contributed by atoms with Crippen LogP contribution in [0.15, 0.2) is 58.3 Å². The average Bonchev–Trinajstić information content (AvgIpc) is 2.74. The third-order valence-electron chi connectivity index (χ3n) is 4.79. The average molecular weight is 447 g/mol. The molecule has 162 valence electrons. The van der Waals surface area contributed by atoms with E-state index in [-0.39, 0.29) is 0 Å². The van der Waals surface area contributed by atoms with E-state index in [0.29, 0.717) is 11.1 Å². The molecule has 0 saturated heterocycles. The second-order valence-corrected chi connectivity index (χ2v) is 9.40. The number of benzene rings is 2. The van der Waals surface area contributed by atoms with E-state index >= 15 is 0 Å². The summed E-state index contributed by atoms with van der Waals surface area (Å²) in [6.45, 7) is 0. The molecule has 0 aromatic heterocycles. The highest BCUT2D eigenvalue weighted by Gasteiger charge is 2.09. The first-order valence-electron chi connectivity index (χ1n) is 10.5. The van der Waals surface area contributed by atoms with Gasteiger partial charge < -0.3 is 10.2 Å². The molecule has 0 amide bonds. The zero-order valence-electron chi connectivity index (χ0n) is 17.2. The lowest BCUT2D eigenvalue weighted by atomic mass is 10.1. The van der Waals surface area contributed by atoms with Crippen LogP contribution >= 0.6 is 23.5 Å². The molecule has 0 atom stereocenters. The summed E-state index contributed by atoms with van der Waals surface area (Å²) in [6, 6.07) is 14.4. The second kappa shape index (κ2) is 14.1. The Morgan fingerprint density at radius 3 is 1.27 bits per heavy atom. The van der Waals surface area contributed by atoms with Gasteiger partial charge >= 0.3 is 11.9 Å². The van der Waals surface area contributed by atoms with E-state index in [1.807, 2.05) is 24.3 Å². The Kier molecular flexibility index (Phi) is 11.5. The highest BCUT2D eigenvalue weighted by molar-refractivity contribution is 7.99. The summed E-state index contributed by atoms with van der Waals surface area (Å²) >= 11 is 3.27. The van der Waals surface area contributed by atoms with Gasteiger partial charge in [0.15, 0.2) is 0 Å². The van der Waals surface area contributed by atoms with Gasteiger partial charge in [-0.2, -0.15) is 0 Å². The van der Waals surface area contributed by atoms with Crippen LogP contribution in [0.3, 0.4) is 0 Å². The van der Waals surface area contributed by atoms with Crippen LogP contribution in [-0.4, -0.2) is 33.7 Å². The molecule has 0 aliphatic heterocycles. The Bertz CT molecular complexity index is 740. The van der Waals surface area contributed by atoms with Crippen molar-refractivity contribution in [1.82, 2.24) is 0 Å². The monoisotopic (exact) mass is 446 g/mol. The minimum atomic E-state index is -0.859. The number of rotatable bonds is 15. The van der Waals surface area contributed by atoms with Gasteiger partial charge in [0.1, 0.15) is 0 Å². The van der Waals surface area contributed by atoms with Gasteiger partial charge in [-0.1, -0.05) is 62.8 Å². The van der Waals surface area contributed by atoms with Crippen molar-refractivity contribution in [2.24, 2.45) is 0 Å². The normalized spacial score (nSPS) is 10.8. The Hall–Kier alpha value is -1.92. The van der Waals surface area contributed by atoms with E-state index < -0.39 is 11.9 Å². The first-order valence-corrected chi connectivity index (χ1v) is 12.5. The number of thioether (sulfide) groups is 2. The molecule has 0 aliphatic carbocycles. The van der Waals surface area contributed by atoms with Crippen LogP contribution in [0.25, 0.3) is 0 Å². The third-order valence-corrected chi connectivity index (χ3v) is 7.11. The van der Waals surface area contributed by atoms with E-state index in [1.54, 1.807) is 47.8 Å². The molecule has 0 aliphatic rings. The predicted octanol–water partition coefficient (Wildman–Crippen LogP) is 7.09. The van der Waals surface area contributed by atoms with Crippen molar-refractivity contribution in [3.63, 3.8) is 0 Å². The zero-order valence-corrected chi connectivity index (χ0v) is 18.9. The maximum atomic E-state index is 11.2. The van der Waals surface area contributed by atoms with Crippen molar-refractivity contribution in [3.05, 3.63) is 59.7 Å². The van der Waals surface area contributed by atoms with Crippen molar-refractivity contribution >= 4 is 35.5 Å². The van der Waals surface area contributed by atoms with Crippen LogP contribution in [-0.2, 0) is 0 Å². The Balaban J connectivity index is 1.46. The molecular formula is C24H30O4S2. The molecule has 30 heavy (non-hydrogen) atoms. The van der Waals surface area contributed by atoms with E-state index in [4.69, 9.17) is 0 Å². The lowest BCUT2D eigenvalue weighted by molar-refractivity contribution is 0.0682. The number of aromatic carboxylic acids is 2. The van der Waals surface area contributed by atoms with Crippen molar-refractivity contribution in [1.29, 1.82) is 0 Å². The van der Waals surface area contributed by atoms with Crippen molar-refractivity contribution in [2.75, 3.05) is 11.5 Å². The van der Waals surface area contributed by atoms with Gasteiger partial charge in [-0.25, -0.2) is 9.59 Å². The van der Waals surface area contributed by atoms with Gasteiger partial charge in [0.2, 0.25) is 0 Å². The van der Waals surface area contributed by atoms with Crippen molar-refractivity contribution in [3.8, 4) is 0 Å². The van der Waals surface area contributed by atoms with Crippen LogP contribution < -0.4 is 0 Å². The fraction of sp³-hybridized carbons (Fsp3) is 0.417. The molecule has 0 saturated carbocycles. The van der Waals surface area contributed by atoms with Crippen LogP contribution in [0.5, 0.6) is 0 Å². The molecule has 0 bridgehead atoms. The zero-order chi connectivity index (χ0) is 21.6. The van der Waals surface area contributed by atoms with Crippen molar-refractivity contribution < 1.29 is 19.8 Å². The summed E-state index contributed by atoms with van der Waals surface area (Å²) in [5, 5.41) is 18.4. The second-order valence-electron chi connectivity index (χ2n) is 7.13. The third kappa shape index (κ3) is 8.84. The van der Waals surface area contributed by atoms with Crippen LogP contribution in [0.2, 0.25) is 0 Å². The molecule has 2 N–H and O–H groups in total. The summed E-state index contributed by atoms with van der Waals surface area (Å²) in [6.07, 6.45) is 9.52. The first-order chi connectivity index (χ1) is 14.6. The van der Waals surface area contributed by atoms with Gasteiger partial charge in [-0.15, -0.1) is 23.5 Å². The lowest BCUT2D eigenvalue weighted by Gasteiger charge is -2.06. The highest BCUT2D eigenvalue weighted by atomic mass is 32.2. The topological polar surface area (TPSA) is 74.6 Å². The summed E-state index contributed by atoms with van der Waals surface area (Å²) in [5.74, 6) is 0.198. The molecule has 0 fully saturated rings. The number of carboxylic acid groups (broad SMARTS) is 2. The number of carboxylic acids is 2. The Labute approximate surface area is 187 Å². The minimum Gasteiger partial charge on any atom is -0.478 e. The fourth-order valence-electron chi connectivity index (χ4n) is 3.17. The van der Waals surface area contributed by atoms with Gasteiger partial charge in [-0.05, 0) is 48.6 Å². The van der Waals surface area contributed by atoms with E-state index in [2.05, 4.69) is 0 Å². The molecule has 6 heteroatoms. The predicted molar refractivity (Wildman–Crippen MR) is 125 cm³/mol. The summed E-state index contributed by atoms with van der Waals surface area (Å²) in [7, 11) is 0. The molecule has 0 heterocycles. The largest absolute Gasteiger partial charge is 0.478 e. The molecule has 0 unspecified atom stereocenters. The molecule has 2 aromatic carbocycles. The molecule has 0 spiro atoms. The first kappa shape index (κ1) is 24.4. The molecule has 2 rings (SSSR count). The number of hydrogen-bond donors (Lipinski definition) is 2. The molecular weight excluding hydrogens is 416 g/mol. The summed E-state index contributed by atoms with van der Waals surface area (Å²) < 4.78 is 0. The minimum absolute atomic E-state index is 0.395. The highest BCUT2D eigenvalue weighted by Crippen LogP contribution is 2.25. The quantitative estimate of drug-likeness (QED) is 0.225. The number of carbonyl (C=O) groups is 2. The standard InChI is InChI=1S/C24H30O4S2/c25-23(26)19-13-7-9-15-21(19)29-17-11-5-3-1-2-4-6-12-18-30-22-16-10-8-14-20(22)24(27)28/h7-10,13-16H,1-6,11-12,17-18H2,(H,25,26)(H,27,28). The lowest BCUT2D eigenvalue weighted by Crippen LogP contribution is -1.98. The number of hydrogen-bond acceptors (Lipinski definition) is 4. The Morgan fingerprint density at radius 2 is 0.900 bits per heavy atom. The van der Waals surface area contributed by atoms with Gasteiger partial charge in [0, 0.05) is 9.79 Å². The van der Waals surface area contributed by atoms with Crippen LogP contribution in [0.4, 0.5) is 0 Å².